The third-order valence-electron chi connectivity index (χ3n) is 7.63. The lowest BCUT2D eigenvalue weighted by molar-refractivity contribution is -0.128. The Morgan fingerprint density at radius 2 is 1.90 bits per heavy atom. The van der Waals surface area contributed by atoms with Gasteiger partial charge in [-0.3, -0.25) is 4.79 Å². The van der Waals surface area contributed by atoms with Gasteiger partial charge >= 0.3 is 0 Å². The van der Waals surface area contributed by atoms with Crippen molar-refractivity contribution < 1.29 is 13.2 Å². The number of carbonyl (C=O) groups is 1. The predicted octanol–water partition coefficient (Wildman–Crippen LogP) is 1.63. The second-order valence-electron chi connectivity index (χ2n) is 9.67. The number of rotatable bonds is 4. The zero-order valence-corrected chi connectivity index (χ0v) is 18.5. The second-order valence-corrected chi connectivity index (χ2v) is 11.7. The Hall–Kier alpha value is -2.15. The molecule has 4 aliphatic rings. The normalized spacial score (nSPS) is 34.6. The van der Waals surface area contributed by atoms with Gasteiger partial charge in [0.25, 0.3) is 0 Å². The fourth-order valence-electron chi connectivity index (χ4n) is 5.73. The molecule has 2 aliphatic heterocycles. The highest BCUT2D eigenvalue weighted by Crippen LogP contribution is 2.58. The molecule has 1 aromatic rings. The summed E-state index contributed by atoms with van der Waals surface area (Å²) in [6.45, 7) is 0.641. The quantitative estimate of drug-likeness (QED) is 0.648. The lowest BCUT2D eigenvalue weighted by Crippen LogP contribution is -2.54. The Labute approximate surface area is 183 Å². The predicted molar refractivity (Wildman–Crippen MR) is 115 cm³/mol. The SMILES string of the molecule is CS(=O)(=O)c1ccc(NC2NN([C@@H]3CCC4(CC4)C[C@@H]3C#N)C3CCNC(=O)C23)cc1. The number of nitrogens with one attached hydrogen (secondary N) is 3. The first-order valence-corrected chi connectivity index (χ1v) is 13.0. The molecular formula is C22H29N5O3S. The van der Waals surface area contributed by atoms with Gasteiger partial charge in [-0.15, -0.1) is 0 Å². The van der Waals surface area contributed by atoms with Crippen molar-refractivity contribution in [2.75, 3.05) is 18.1 Å². The summed E-state index contributed by atoms with van der Waals surface area (Å²) in [5.74, 6) is -0.291. The van der Waals surface area contributed by atoms with E-state index in [4.69, 9.17) is 0 Å². The molecule has 5 rings (SSSR count). The van der Waals surface area contributed by atoms with Gasteiger partial charge in [-0.25, -0.2) is 18.9 Å². The molecule has 0 aromatic heterocycles. The monoisotopic (exact) mass is 443 g/mol. The van der Waals surface area contributed by atoms with Crippen LogP contribution in [0.2, 0.25) is 0 Å². The standard InChI is InChI=1S/C22H29N5O3S/c1-31(29,30)16-4-2-15(3-5-16)25-20-19-18(7-11-24-21(19)28)27(26-20)17-6-8-22(9-10-22)12-14(17)13-23/h2-5,14,17-20,25-26H,6-12H2,1H3,(H,24,28)/t14-,17-,18?,19?,20?/m1/s1. The van der Waals surface area contributed by atoms with Gasteiger partial charge < -0.3 is 10.6 Å². The Morgan fingerprint density at radius 1 is 1.16 bits per heavy atom. The lowest BCUT2D eigenvalue weighted by Gasteiger charge is -2.41. The van der Waals surface area contributed by atoms with Crippen LogP contribution in [0, 0.1) is 28.6 Å². The number of carbonyl (C=O) groups excluding carboxylic acids is 1. The van der Waals surface area contributed by atoms with Crippen molar-refractivity contribution in [2.24, 2.45) is 17.3 Å². The average molecular weight is 444 g/mol. The van der Waals surface area contributed by atoms with Crippen molar-refractivity contribution >= 4 is 21.4 Å². The number of sulfone groups is 1. The van der Waals surface area contributed by atoms with Crippen LogP contribution in [0.5, 0.6) is 0 Å². The largest absolute Gasteiger partial charge is 0.368 e. The molecule has 3 N–H and O–H groups in total. The molecule has 2 heterocycles. The number of anilines is 1. The molecule has 1 amide bonds. The zero-order valence-electron chi connectivity index (χ0n) is 17.7. The molecule has 0 radical (unpaired) electrons. The van der Waals surface area contributed by atoms with Crippen molar-refractivity contribution in [2.45, 2.75) is 61.7 Å². The summed E-state index contributed by atoms with van der Waals surface area (Å²) < 4.78 is 23.5. The van der Waals surface area contributed by atoms with E-state index in [-0.39, 0.29) is 40.9 Å². The Kier molecular flexibility index (Phi) is 5.00. The van der Waals surface area contributed by atoms with Crippen LogP contribution >= 0.6 is 0 Å². The smallest absolute Gasteiger partial charge is 0.228 e. The summed E-state index contributed by atoms with van der Waals surface area (Å²) in [7, 11) is -3.26. The van der Waals surface area contributed by atoms with E-state index in [1.54, 1.807) is 24.3 Å². The molecule has 166 valence electrons. The molecular weight excluding hydrogens is 414 g/mol. The molecule has 2 saturated heterocycles. The maximum absolute atomic E-state index is 12.8. The highest BCUT2D eigenvalue weighted by atomic mass is 32.2. The minimum atomic E-state index is -3.26. The number of nitrogens with zero attached hydrogens (tertiary/aromatic N) is 2. The number of nitriles is 1. The topological polar surface area (TPSA) is 114 Å². The van der Waals surface area contributed by atoms with Gasteiger partial charge in [0.05, 0.1) is 22.8 Å². The zero-order chi connectivity index (χ0) is 21.8. The molecule has 2 aliphatic carbocycles. The van der Waals surface area contributed by atoms with E-state index in [0.717, 1.165) is 31.4 Å². The fourth-order valence-corrected chi connectivity index (χ4v) is 6.37. The van der Waals surface area contributed by atoms with E-state index in [2.05, 4.69) is 27.1 Å². The van der Waals surface area contributed by atoms with E-state index in [1.807, 2.05) is 0 Å². The molecule has 3 unspecified atom stereocenters. The van der Waals surface area contributed by atoms with Crippen molar-refractivity contribution in [1.29, 1.82) is 5.26 Å². The van der Waals surface area contributed by atoms with Crippen LogP contribution in [-0.2, 0) is 14.6 Å². The maximum atomic E-state index is 12.8. The number of hydrazine groups is 1. The van der Waals surface area contributed by atoms with Gasteiger partial charge in [-0.05, 0) is 68.2 Å². The summed E-state index contributed by atoms with van der Waals surface area (Å²) in [5, 5.41) is 18.4. The summed E-state index contributed by atoms with van der Waals surface area (Å²) in [6, 6.07) is 9.31. The van der Waals surface area contributed by atoms with Gasteiger partial charge in [0.1, 0.15) is 6.17 Å². The molecule has 8 nitrogen and oxygen atoms in total. The van der Waals surface area contributed by atoms with Crippen molar-refractivity contribution in [3.63, 3.8) is 0 Å². The van der Waals surface area contributed by atoms with E-state index < -0.39 is 9.84 Å². The number of piperidine rings is 1. The molecule has 1 aromatic carbocycles. The Bertz CT molecular complexity index is 1010. The first-order chi connectivity index (χ1) is 14.8. The number of fused-ring (bicyclic) bond motifs is 1. The van der Waals surface area contributed by atoms with Crippen LogP contribution in [-0.4, -0.2) is 50.4 Å². The molecule has 5 atom stereocenters. The van der Waals surface area contributed by atoms with E-state index in [9.17, 15) is 18.5 Å². The molecule has 4 fully saturated rings. The molecule has 0 bridgehead atoms. The minimum Gasteiger partial charge on any atom is -0.368 e. The molecule has 31 heavy (non-hydrogen) atoms. The first-order valence-electron chi connectivity index (χ1n) is 11.1. The molecule has 9 heteroatoms. The third kappa shape index (κ3) is 3.81. The van der Waals surface area contributed by atoms with Gasteiger partial charge in [-0.2, -0.15) is 5.26 Å². The summed E-state index contributed by atoms with van der Waals surface area (Å²) in [5.41, 5.74) is 4.68. The van der Waals surface area contributed by atoms with E-state index in [0.29, 0.717) is 12.0 Å². The minimum absolute atomic E-state index is 0.0134. The summed E-state index contributed by atoms with van der Waals surface area (Å²) in [4.78, 5) is 13.1. The van der Waals surface area contributed by atoms with Gasteiger partial charge in [0, 0.05) is 30.6 Å². The van der Waals surface area contributed by atoms with Gasteiger partial charge in [0.15, 0.2) is 9.84 Å². The number of hydrogen-bond donors (Lipinski definition) is 3. The van der Waals surface area contributed by atoms with Crippen molar-refractivity contribution in [3.8, 4) is 6.07 Å². The Morgan fingerprint density at radius 3 is 2.55 bits per heavy atom. The Balaban J connectivity index is 1.37. The van der Waals surface area contributed by atoms with E-state index in [1.165, 1.54) is 19.1 Å². The third-order valence-corrected chi connectivity index (χ3v) is 8.76. The van der Waals surface area contributed by atoms with Crippen LogP contribution in [0.3, 0.4) is 0 Å². The highest BCUT2D eigenvalue weighted by Gasteiger charge is 2.55. The van der Waals surface area contributed by atoms with Gasteiger partial charge in [0.2, 0.25) is 5.91 Å². The first kappa shape index (κ1) is 20.7. The second kappa shape index (κ2) is 7.47. The highest BCUT2D eigenvalue weighted by molar-refractivity contribution is 7.90. The number of hydrogen-bond acceptors (Lipinski definition) is 7. The van der Waals surface area contributed by atoms with Crippen LogP contribution in [0.15, 0.2) is 29.2 Å². The number of amides is 1. The average Bonchev–Trinajstić information content (AvgIpc) is 3.39. The fraction of sp³-hybridized carbons (Fsp3) is 0.636. The molecule has 2 saturated carbocycles. The summed E-state index contributed by atoms with van der Waals surface area (Å²) in [6.07, 6.45) is 7.29. The van der Waals surface area contributed by atoms with Crippen LogP contribution in [0.4, 0.5) is 5.69 Å². The van der Waals surface area contributed by atoms with Crippen LogP contribution in [0.25, 0.3) is 0 Å². The van der Waals surface area contributed by atoms with Crippen LogP contribution in [0.1, 0.15) is 38.5 Å². The molecule has 1 spiro atoms. The van der Waals surface area contributed by atoms with Gasteiger partial charge in [-0.1, -0.05) is 0 Å². The van der Waals surface area contributed by atoms with Crippen LogP contribution < -0.4 is 16.1 Å². The summed E-state index contributed by atoms with van der Waals surface area (Å²) >= 11 is 0. The van der Waals surface area contributed by atoms with Crippen molar-refractivity contribution in [3.05, 3.63) is 24.3 Å². The van der Waals surface area contributed by atoms with E-state index >= 15 is 0 Å². The number of benzene rings is 1. The lowest BCUT2D eigenvalue weighted by atomic mass is 9.75. The maximum Gasteiger partial charge on any atom is 0.228 e. The van der Waals surface area contributed by atoms with Crippen molar-refractivity contribution in [1.82, 2.24) is 15.8 Å².